The third kappa shape index (κ3) is 3.21. The molecule has 2 atom stereocenters. The molecule has 1 N–H and O–H groups in total. The smallest absolute Gasteiger partial charge is 0.169 e. The number of hydrogen-bond donors (Lipinski definition) is 1. The first kappa shape index (κ1) is 17.7. The van der Waals surface area contributed by atoms with Gasteiger partial charge in [0.15, 0.2) is 5.11 Å². The Balaban J connectivity index is 1.73. The Morgan fingerprint density at radius 1 is 1.11 bits per heavy atom. The van der Waals surface area contributed by atoms with Crippen molar-refractivity contribution in [1.82, 2.24) is 24.8 Å². The number of likely N-dealkylation sites (N-methyl/N-ethyl adjacent to an activating group) is 1. The van der Waals surface area contributed by atoms with Gasteiger partial charge in [0.1, 0.15) is 0 Å². The first-order valence-corrected chi connectivity index (χ1v) is 9.47. The Hall–Kier alpha value is -2.73. The first-order valence-electron chi connectivity index (χ1n) is 9.06. The molecule has 0 aromatic carbocycles. The lowest BCUT2D eigenvalue weighted by Gasteiger charge is -2.24. The molecule has 27 heavy (non-hydrogen) atoms. The zero-order chi connectivity index (χ0) is 19.0. The molecule has 3 aromatic heterocycles. The second kappa shape index (κ2) is 7.12. The molecule has 0 spiro atoms. The molecule has 4 heterocycles. The summed E-state index contributed by atoms with van der Waals surface area (Å²) >= 11 is 5.56. The molecule has 1 fully saturated rings. The fraction of sp³-hybridized carbons (Fsp3) is 0.286. The summed E-state index contributed by atoms with van der Waals surface area (Å²) in [4.78, 5) is 10.8. The van der Waals surface area contributed by atoms with E-state index in [-0.39, 0.29) is 12.1 Å². The first-order chi connectivity index (χ1) is 13.1. The molecule has 5 nitrogen and oxygen atoms in total. The normalized spacial score (nSPS) is 19.4. The Morgan fingerprint density at radius 3 is 2.59 bits per heavy atom. The van der Waals surface area contributed by atoms with E-state index < -0.39 is 0 Å². The highest BCUT2D eigenvalue weighted by atomic mass is 32.1. The number of hydrogen-bond acceptors (Lipinski definition) is 3. The van der Waals surface area contributed by atoms with Crippen LogP contribution in [0.15, 0.2) is 55.0 Å². The Bertz CT molecular complexity index is 951. The number of rotatable bonds is 4. The van der Waals surface area contributed by atoms with Crippen molar-refractivity contribution >= 4 is 17.3 Å². The Kier molecular flexibility index (Phi) is 4.66. The van der Waals surface area contributed by atoms with Gasteiger partial charge in [0.2, 0.25) is 0 Å². The van der Waals surface area contributed by atoms with Crippen LogP contribution in [0.3, 0.4) is 0 Å². The molecule has 0 bridgehead atoms. The molecule has 0 unspecified atom stereocenters. The van der Waals surface area contributed by atoms with Gasteiger partial charge in [-0.15, -0.1) is 0 Å². The van der Waals surface area contributed by atoms with Crippen LogP contribution < -0.4 is 5.32 Å². The van der Waals surface area contributed by atoms with Crippen molar-refractivity contribution in [2.45, 2.75) is 32.5 Å². The largest absolute Gasteiger partial charge is 0.352 e. The van der Waals surface area contributed by atoms with E-state index in [1.54, 1.807) is 0 Å². The van der Waals surface area contributed by atoms with Crippen LogP contribution in [0, 0.1) is 13.8 Å². The monoisotopic (exact) mass is 377 g/mol. The van der Waals surface area contributed by atoms with Crippen molar-refractivity contribution in [1.29, 1.82) is 0 Å². The van der Waals surface area contributed by atoms with E-state index in [4.69, 9.17) is 12.2 Å². The SMILES string of the molecule is Cc1cc([C@@H]2[C@H](c3ccccn3)NC(=S)N2C)c(C)n1Cc1ccncc1. The topological polar surface area (TPSA) is 46.0 Å². The van der Waals surface area contributed by atoms with Crippen molar-refractivity contribution in [3.05, 3.63) is 83.2 Å². The molecule has 4 rings (SSSR count). The van der Waals surface area contributed by atoms with E-state index in [1.807, 2.05) is 30.7 Å². The Morgan fingerprint density at radius 2 is 1.89 bits per heavy atom. The summed E-state index contributed by atoms with van der Waals surface area (Å²) in [6.45, 7) is 5.19. The van der Waals surface area contributed by atoms with Crippen molar-refractivity contribution in [2.75, 3.05) is 7.05 Å². The standard InChI is InChI=1S/C21H23N5S/c1-14-12-17(15(2)26(14)13-16-7-10-22-11-8-16)20-19(24-21(27)25(20)3)18-6-4-5-9-23-18/h4-12,19-20H,13H2,1-3H3,(H,24,27)/t19-,20+/m0/s1. The van der Waals surface area contributed by atoms with E-state index >= 15 is 0 Å². The average molecular weight is 378 g/mol. The van der Waals surface area contributed by atoms with E-state index in [1.165, 1.54) is 22.5 Å². The molecular formula is C21H23N5S. The number of aromatic nitrogens is 3. The predicted octanol–water partition coefficient (Wildman–Crippen LogP) is 3.55. The molecule has 138 valence electrons. The Labute approximate surface area is 165 Å². The number of aryl methyl sites for hydroxylation is 1. The van der Waals surface area contributed by atoms with E-state index in [2.05, 4.69) is 69.9 Å². The van der Waals surface area contributed by atoms with Gasteiger partial charge < -0.3 is 14.8 Å². The molecular weight excluding hydrogens is 354 g/mol. The van der Waals surface area contributed by atoms with Crippen LogP contribution in [0.25, 0.3) is 0 Å². The molecule has 0 saturated carbocycles. The second-order valence-electron chi connectivity index (χ2n) is 7.01. The number of nitrogens with zero attached hydrogens (tertiary/aromatic N) is 4. The highest BCUT2D eigenvalue weighted by Crippen LogP contribution is 2.39. The van der Waals surface area contributed by atoms with Crippen molar-refractivity contribution < 1.29 is 0 Å². The maximum Gasteiger partial charge on any atom is 0.169 e. The molecule has 1 saturated heterocycles. The quantitative estimate of drug-likeness (QED) is 0.705. The van der Waals surface area contributed by atoms with Gasteiger partial charge in [-0.2, -0.15) is 0 Å². The fourth-order valence-electron chi connectivity index (χ4n) is 3.89. The molecule has 0 amide bonds. The third-order valence-electron chi connectivity index (χ3n) is 5.36. The zero-order valence-electron chi connectivity index (χ0n) is 15.8. The van der Waals surface area contributed by atoms with Gasteiger partial charge in [-0.1, -0.05) is 6.07 Å². The van der Waals surface area contributed by atoms with Crippen LogP contribution in [0.4, 0.5) is 0 Å². The van der Waals surface area contributed by atoms with E-state index in [0.717, 1.165) is 17.4 Å². The number of thiocarbonyl (C=S) groups is 1. The van der Waals surface area contributed by atoms with Gasteiger partial charge in [0.25, 0.3) is 0 Å². The zero-order valence-corrected chi connectivity index (χ0v) is 16.6. The second-order valence-corrected chi connectivity index (χ2v) is 7.39. The minimum atomic E-state index is 0.0403. The summed E-state index contributed by atoms with van der Waals surface area (Å²) in [6.07, 6.45) is 5.52. The van der Waals surface area contributed by atoms with Gasteiger partial charge in [-0.05, 0) is 67.5 Å². The van der Waals surface area contributed by atoms with Crippen molar-refractivity contribution in [2.24, 2.45) is 0 Å². The predicted molar refractivity (Wildman–Crippen MR) is 110 cm³/mol. The summed E-state index contributed by atoms with van der Waals surface area (Å²) in [7, 11) is 2.05. The summed E-state index contributed by atoms with van der Waals surface area (Å²) < 4.78 is 2.36. The molecule has 1 aliphatic heterocycles. The average Bonchev–Trinajstić information content (AvgIpc) is 3.13. The maximum atomic E-state index is 5.56. The van der Waals surface area contributed by atoms with Gasteiger partial charge >= 0.3 is 0 Å². The van der Waals surface area contributed by atoms with Crippen LogP contribution in [0.1, 0.15) is 40.3 Å². The lowest BCUT2D eigenvalue weighted by molar-refractivity contribution is 0.366. The molecule has 1 aliphatic rings. The molecule has 0 radical (unpaired) electrons. The number of nitrogens with one attached hydrogen (secondary N) is 1. The van der Waals surface area contributed by atoms with Crippen LogP contribution >= 0.6 is 12.2 Å². The van der Waals surface area contributed by atoms with E-state index in [0.29, 0.717) is 0 Å². The summed E-state index contributed by atoms with van der Waals surface area (Å²) in [5.74, 6) is 0. The van der Waals surface area contributed by atoms with Crippen LogP contribution in [-0.4, -0.2) is 31.6 Å². The lowest BCUT2D eigenvalue weighted by atomic mass is 9.97. The summed E-state index contributed by atoms with van der Waals surface area (Å²) in [5.41, 5.74) is 6.03. The minimum absolute atomic E-state index is 0.0403. The van der Waals surface area contributed by atoms with Crippen molar-refractivity contribution in [3.8, 4) is 0 Å². The minimum Gasteiger partial charge on any atom is -0.352 e. The third-order valence-corrected chi connectivity index (χ3v) is 5.77. The van der Waals surface area contributed by atoms with Crippen LogP contribution in [-0.2, 0) is 6.54 Å². The highest BCUT2D eigenvalue weighted by molar-refractivity contribution is 7.80. The maximum absolute atomic E-state index is 5.56. The van der Waals surface area contributed by atoms with Gasteiger partial charge in [-0.3, -0.25) is 9.97 Å². The van der Waals surface area contributed by atoms with Crippen LogP contribution in [0.2, 0.25) is 0 Å². The van der Waals surface area contributed by atoms with Crippen LogP contribution in [0.5, 0.6) is 0 Å². The molecule has 6 heteroatoms. The highest BCUT2D eigenvalue weighted by Gasteiger charge is 2.39. The molecule has 0 aliphatic carbocycles. The van der Waals surface area contributed by atoms with Gasteiger partial charge in [-0.25, -0.2) is 0 Å². The van der Waals surface area contributed by atoms with Crippen molar-refractivity contribution in [3.63, 3.8) is 0 Å². The van der Waals surface area contributed by atoms with E-state index in [9.17, 15) is 0 Å². The lowest BCUT2D eigenvalue weighted by Crippen LogP contribution is -2.25. The van der Waals surface area contributed by atoms with Gasteiger partial charge in [0, 0.05) is 43.6 Å². The van der Waals surface area contributed by atoms with Gasteiger partial charge in [0.05, 0.1) is 17.8 Å². The summed E-state index contributed by atoms with van der Waals surface area (Å²) in [6, 6.07) is 12.6. The molecule has 3 aromatic rings. The number of pyridine rings is 2. The summed E-state index contributed by atoms with van der Waals surface area (Å²) in [5, 5.41) is 4.21. The fourth-order valence-corrected chi connectivity index (χ4v) is 4.13.